The number of pyridine rings is 4. The summed E-state index contributed by atoms with van der Waals surface area (Å²) in [6, 6.07) is 12.4. The Morgan fingerprint density at radius 1 is 0.767 bits per heavy atom. The normalized spacial score (nSPS) is 15.2. The van der Waals surface area contributed by atoms with Gasteiger partial charge in [-0.2, -0.15) is 0 Å². The van der Waals surface area contributed by atoms with Crippen LogP contribution in [0.3, 0.4) is 0 Å². The molecule has 151 valence electrons. The van der Waals surface area contributed by atoms with Crippen molar-refractivity contribution in [1.82, 2.24) is 24.8 Å². The van der Waals surface area contributed by atoms with Gasteiger partial charge in [0.15, 0.2) is 0 Å². The van der Waals surface area contributed by atoms with Gasteiger partial charge in [0.1, 0.15) is 5.82 Å². The first kappa shape index (κ1) is 18.9. The molecule has 5 rings (SSSR count). The second kappa shape index (κ2) is 7.95. The Balaban J connectivity index is 1.20. The third-order valence-electron chi connectivity index (χ3n) is 5.89. The quantitative estimate of drug-likeness (QED) is 0.525. The van der Waals surface area contributed by atoms with E-state index in [1.165, 1.54) is 0 Å². The van der Waals surface area contributed by atoms with Gasteiger partial charge >= 0.3 is 0 Å². The smallest absolute Gasteiger partial charge is 0.129 e. The van der Waals surface area contributed by atoms with Crippen LogP contribution >= 0.6 is 0 Å². The second-order valence-corrected chi connectivity index (χ2v) is 7.82. The Morgan fingerprint density at radius 3 is 2.10 bits per heavy atom. The van der Waals surface area contributed by atoms with Gasteiger partial charge in [-0.05, 0) is 50.2 Å². The van der Waals surface area contributed by atoms with Gasteiger partial charge in [0.05, 0.1) is 11.0 Å². The molecule has 0 aromatic carbocycles. The maximum Gasteiger partial charge on any atom is 0.129 e. The monoisotopic (exact) mass is 397 g/mol. The molecule has 0 saturated carbocycles. The molecule has 4 aromatic rings. The first-order chi connectivity index (χ1) is 14.7. The van der Waals surface area contributed by atoms with Crippen molar-refractivity contribution in [2.75, 3.05) is 37.6 Å². The highest BCUT2D eigenvalue weighted by Crippen LogP contribution is 2.21. The fourth-order valence-electron chi connectivity index (χ4n) is 4.07. The highest BCUT2D eigenvalue weighted by Gasteiger charge is 2.18. The third-order valence-corrected chi connectivity index (χ3v) is 5.89. The maximum atomic E-state index is 4.86. The maximum absolute atomic E-state index is 4.86. The van der Waals surface area contributed by atoms with Crippen LogP contribution in [0.1, 0.15) is 17.1 Å². The largest absolute Gasteiger partial charge is 0.354 e. The van der Waals surface area contributed by atoms with E-state index in [4.69, 9.17) is 9.97 Å². The molecular formula is C24H25N6. The molecule has 1 aliphatic rings. The number of fused-ring (bicyclic) bond motifs is 2. The summed E-state index contributed by atoms with van der Waals surface area (Å²) in [5.41, 5.74) is 5.10. The molecule has 0 bridgehead atoms. The molecule has 4 aromatic heterocycles. The summed E-state index contributed by atoms with van der Waals surface area (Å²) in [5.74, 6) is 1.05. The standard InChI is InChI=1S/C24H25N6/c1-17-20-4-3-19(27-22(20)7-10-25-17)9-12-29-13-15-30(16-14-29)24-6-5-21-18(2)26-11-8-23(21)28-24/h3-11H,12-16H2,1-2H3. The van der Waals surface area contributed by atoms with Crippen molar-refractivity contribution in [1.29, 1.82) is 0 Å². The lowest BCUT2D eigenvalue weighted by Crippen LogP contribution is -2.47. The van der Waals surface area contributed by atoms with E-state index in [0.29, 0.717) is 0 Å². The van der Waals surface area contributed by atoms with E-state index in [1.807, 2.05) is 38.4 Å². The Morgan fingerprint density at radius 2 is 1.40 bits per heavy atom. The van der Waals surface area contributed by atoms with E-state index in [-0.39, 0.29) is 0 Å². The van der Waals surface area contributed by atoms with Gasteiger partial charge in [-0.3, -0.25) is 19.9 Å². The molecule has 1 radical (unpaired) electrons. The Bertz CT molecular complexity index is 1200. The van der Waals surface area contributed by atoms with E-state index in [1.54, 1.807) is 0 Å². The number of piperazine rings is 1. The van der Waals surface area contributed by atoms with E-state index in [2.05, 4.69) is 50.5 Å². The molecule has 0 atom stereocenters. The molecule has 6 nitrogen and oxygen atoms in total. The summed E-state index contributed by atoms with van der Waals surface area (Å²) in [6.07, 6.45) is 5.88. The first-order valence-electron chi connectivity index (χ1n) is 10.4. The highest BCUT2D eigenvalue weighted by atomic mass is 15.3. The molecule has 0 amide bonds. The van der Waals surface area contributed by atoms with Crippen LogP contribution in [0.4, 0.5) is 5.82 Å². The minimum Gasteiger partial charge on any atom is -0.354 e. The van der Waals surface area contributed by atoms with Gasteiger partial charge in [-0.25, -0.2) is 4.98 Å². The van der Waals surface area contributed by atoms with Crippen LogP contribution in [0.15, 0.2) is 48.8 Å². The number of aromatic nitrogens is 4. The summed E-state index contributed by atoms with van der Waals surface area (Å²) in [7, 11) is 0. The molecule has 0 aliphatic carbocycles. The lowest BCUT2D eigenvalue weighted by atomic mass is 10.1. The topological polar surface area (TPSA) is 58.0 Å². The summed E-state index contributed by atoms with van der Waals surface area (Å²) in [6.45, 7) is 8.95. The molecule has 1 fully saturated rings. The lowest BCUT2D eigenvalue weighted by molar-refractivity contribution is 0.277. The zero-order valence-corrected chi connectivity index (χ0v) is 17.4. The predicted octanol–water partition coefficient (Wildman–Crippen LogP) is 3.56. The van der Waals surface area contributed by atoms with Crippen LogP contribution < -0.4 is 4.90 Å². The van der Waals surface area contributed by atoms with Crippen molar-refractivity contribution in [3.63, 3.8) is 0 Å². The van der Waals surface area contributed by atoms with Gasteiger partial charge in [0.2, 0.25) is 0 Å². The molecule has 0 N–H and O–H groups in total. The van der Waals surface area contributed by atoms with Crippen molar-refractivity contribution in [2.45, 2.75) is 13.8 Å². The van der Waals surface area contributed by atoms with Crippen LogP contribution in [0.25, 0.3) is 21.8 Å². The van der Waals surface area contributed by atoms with Gasteiger partial charge in [0.25, 0.3) is 0 Å². The van der Waals surface area contributed by atoms with Gasteiger partial charge in [-0.15, -0.1) is 0 Å². The molecular weight excluding hydrogens is 372 g/mol. The molecule has 1 aliphatic heterocycles. The lowest BCUT2D eigenvalue weighted by Gasteiger charge is -2.35. The molecule has 6 heteroatoms. The van der Waals surface area contributed by atoms with Crippen LogP contribution in [0.5, 0.6) is 0 Å². The van der Waals surface area contributed by atoms with E-state index < -0.39 is 0 Å². The average Bonchev–Trinajstić information content (AvgIpc) is 2.78. The number of hydrogen-bond donors (Lipinski definition) is 0. The molecule has 5 heterocycles. The summed E-state index contributed by atoms with van der Waals surface area (Å²) in [4.78, 5) is 23.2. The Kier molecular flexibility index (Phi) is 5.01. The second-order valence-electron chi connectivity index (χ2n) is 7.82. The summed E-state index contributed by atoms with van der Waals surface area (Å²) in [5, 5.41) is 2.25. The number of anilines is 1. The fourth-order valence-corrected chi connectivity index (χ4v) is 4.07. The van der Waals surface area contributed by atoms with Crippen molar-refractivity contribution >= 4 is 27.6 Å². The zero-order valence-electron chi connectivity index (χ0n) is 17.4. The molecule has 0 spiro atoms. The number of aryl methyl sites for hydroxylation is 2. The molecule has 30 heavy (non-hydrogen) atoms. The fraction of sp³-hybridized carbons (Fsp3) is 0.292. The van der Waals surface area contributed by atoms with E-state index in [0.717, 1.165) is 77.4 Å². The van der Waals surface area contributed by atoms with Crippen LogP contribution in [-0.4, -0.2) is 57.6 Å². The summed E-state index contributed by atoms with van der Waals surface area (Å²) < 4.78 is 0. The van der Waals surface area contributed by atoms with Gasteiger partial charge in [0, 0.05) is 79.4 Å². The SMILES string of the molecule is Cc1nccc2nc([CH]CN3CCN(c4ccc5c(C)nccc5n4)CC3)ccc12. The third kappa shape index (κ3) is 3.71. The molecule has 1 saturated heterocycles. The molecule has 0 unspecified atom stereocenters. The number of rotatable bonds is 4. The average molecular weight is 398 g/mol. The van der Waals surface area contributed by atoms with Crippen LogP contribution in [0, 0.1) is 20.3 Å². The van der Waals surface area contributed by atoms with Gasteiger partial charge in [-0.1, -0.05) is 0 Å². The van der Waals surface area contributed by atoms with Crippen molar-refractivity contribution < 1.29 is 0 Å². The van der Waals surface area contributed by atoms with Crippen LogP contribution in [0.2, 0.25) is 0 Å². The highest BCUT2D eigenvalue weighted by molar-refractivity contribution is 5.82. The first-order valence-corrected chi connectivity index (χ1v) is 10.4. The minimum atomic E-state index is 0.909. The number of hydrogen-bond acceptors (Lipinski definition) is 6. The Labute approximate surface area is 176 Å². The zero-order chi connectivity index (χ0) is 20.5. The van der Waals surface area contributed by atoms with E-state index >= 15 is 0 Å². The predicted molar refractivity (Wildman–Crippen MR) is 121 cm³/mol. The van der Waals surface area contributed by atoms with Crippen molar-refractivity contribution in [3.8, 4) is 0 Å². The minimum absolute atomic E-state index is 0.909. The van der Waals surface area contributed by atoms with Crippen molar-refractivity contribution in [2.24, 2.45) is 0 Å². The van der Waals surface area contributed by atoms with Gasteiger partial charge < -0.3 is 4.90 Å². The number of nitrogens with zero attached hydrogens (tertiary/aromatic N) is 6. The Hall–Kier alpha value is -3.12. The van der Waals surface area contributed by atoms with Crippen LogP contribution in [-0.2, 0) is 0 Å². The summed E-state index contributed by atoms with van der Waals surface area (Å²) >= 11 is 0. The van der Waals surface area contributed by atoms with Crippen molar-refractivity contribution in [3.05, 3.63) is 72.3 Å². The van der Waals surface area contributed by atoms with E-state index in [9.17, 15) is 0 Å².